The molecule has 27 heavy (non-hydrogen) atoms. The van der Waals surface area contributed by atoms with E-state index in [0.717, 1.165) is 30.5 Å². The van der Waals surface area contributed by atoms with Crippen molar-refractivity contribution < 1.29 is 17.5 Å². The normalized spacial score (nSPS) is 15.5. The lowest BCUT2D eigenvalue weighted by molar-refractivity contribution is 0.315. The van der Waals surface area contributed by atoms with Gasteiger partial charge in [-0.15, -0.1) is 0 Å². The third kappa shape index (κ3) is 4.78. The molecule has 0 bridgehead atoms. The summed E-state index contributed by atoms with van der Waals surface area (Å²) in [4.78, 5) is 0.299. The molecular formula is C20H25FN2O3S. The summed E-state index contributed by atoms with van der Waals surface area (Å²) in [6, 6.07) is 11.4. The highest BCUT2D eigenvalue weighted by atomic mass is 32.2. The van der Waals surface area contributed by atoms with Gasteiger partial charge in [0.25, 0.3) is 0 Å². The Bertz CT molecular complexity index is 881. The van der Waals surface area contributed by atoms with Crippen LogP contribution in [0.4, 0.5) is 10.1 Å². The van der Waals surface area contributed by atoms with Crippen LogP contribution in [-0.2, 0) is 10.0 Å². The molecule has 0 amide bonds. The summed E-state index contributed by atoms with van der Waals surface area (Å²) in [5.74, 6) is -0.194. The third-order valence-corrected chi connectivity index (χ3v) is 6.57. The lowest BCUT2D eigenvalue weighted by atomic mass is 10.2. The summed E-state index contributed by atoms with van der Waals surface area (Å²) in [6.07, 6.45) is 2.89. The molecule has 2 aromatic carbocycles. The van der Waals surface area contributed by atoms with Gasteiger partial charge in [0.2, 0.25) is 10.0 Å². The van der Waals surface area contributed by atoms with Gasteiger partial charge in [-0.3, -0.25) is 0 Å². The average molecular weight is 392 g/mol. The Morgan fingerprint density at radius 3 is 2.59 bits per heavy atom. The average Bonchev–Trinajstić information content (AvgIpc) is 2.68. The van der Waals surface area contributed by atoms with Crippen LogP contribution < -0.4 is 10.1 Å². The molecule has 0 spiro atoms. The largest absolute Gasteiger partial charge is 0.489 e. The molecule has 0 atom stereocenters. The Morgan fingerprint density at radius 1 is 1.11 bits per heavy atom. The van der Waals surface area contributed by atoms with Crippen LogP contribution in [0.2, 0.25) is 0 Å². The fraction of sp³-hybridized carbons (Fsp3) is 0.400. The molecule has 1 aliphatic rings. The quantitative estimate of drug-likeness (QED) is 0.728. The van der Waals surface area contributed by atoms with Gasteiger partial charge < -0.3 is 10.1 Å². The summed E-state index contributed by atoms with van der Waals surface area (Å²) >= 11 is 0. The summed E-state index contributed by atoms with van der Waals surface area (Å²) in [5, 5.41) is 3.19. The first-order chi connectivity index (χ1) is 13.0. The van der Waals surface area contributed by atoms with Gasteiger partial charge in [0.1, 0.15) is 6.61 Å². The molecule has 1 heterocycles. The summed E-state index contributed by atoms with van der Waals surface area (Å²) in [6.45, 7) is 3.77. The van der Waals surface area contributed by atoms with Crippen LogP contribution in [0.15, 0.2) is 47.4 Å². The number of aryl methyl sites for hydroxylation is 1. The topological polar surface area (TPSA) is 58.6 Å². The van der Waals surface area contributed by atoms with E-state index in [9.17, 15) is 12.8 Å². The van der Waals surface area contributed by atoms with Crippen LogP contribution in [0.5, 0.6) is 5.75 Å². The van der Waals surface area contributed by atoms with Gasteiger partial charge in [0, 0.05) is 25.3 Å². The van der Waals surface area contributed by atoms with Crippen LogP contribution in [0.3, 0.4) is 0 Å². The van der Waals surface area contributed by atoms with Gasteiger partial charge >= 0.3 is 0 Å². The zero-order chi connectivity index (χ0) is 19.3. The van der Waals surface area contributed by atoms with Crippen molar-refractivity contribution >= 4 is 15.7 Å². The minimum atomic E-state index is -3.47. The molecule has 1 aliphatic heterocycles. The minimum Gasteiger partial charge on any atom is -0.489 e. The molecule has 1 N–H and O–H groups in total. The van der Waals surface area contributed by atoms with Crippen molar-refractivity contribution in [1.82, 2.24) is 4.31 Å². The first-order valence-electron chi connectivity index (χ1n) is 9.20. The maximum Gasteiger partial charge on any atom is 0.243 e. The highest BCUT2D eigenvalue weighted by Crippen LogP contribution is 2.25. The predicted octanol–water partition coefficient (Wildman–Crippen LogP) is 3.80. The second-order valence-electron chi connectivity index (χ2n) is 6.65. The molecule has 0 saturated carbocycles. The molecule has 7 heteroatoms. The van der Waals surface area contributed by atoms with Gasteiger partial charge in [0.05, 0.1) is 4.90 Å². The van der Waals surface area contributed by atoms with Crippen molar-refractivity contribution in [2.24, 2.45) is 0 Å². The standard InChI is InChI=1S/C20H25FN2O3S/c1-16-9-10-17(27(24,25)23-12-5-2-6-13-23)15-19(16)22-11-14-26-20-8-4-3-7-18(20)21/h3-4,7-10,15,22H,2,5-6,11-14H2,1H3. The SMILES string of the molecule is Cc1ccc(S(=O)(=O)N2CCCCC2)cc1NCCOc1ccccc1F. The summed E-state index contributed by atoms with van der Waals surface area (Å²) < 4.78 is 46.2. The Balaban J connectivity index is 1.64. The number of hydrogen-bond acceptors (Lipinski definition) is 4. The van der Waals surface area contributed by atoms with Crippen molar-refractivity contribution in [3.05, 3.63) is 53.8 Å². The van der Waals surface area contributed by atoms with E-state index in [1.807, 2.05) is 6.92 Å². The van der Waals surface area contributed by atoms with E-state index in [1.165, 1.54) is 6.07 Å². The zero-order valence-corrected chi connectivity index (χ0v) is 16.3. The lowest BCUT2D eigenvalue weighted by Crippen LogP contribution is -2.35. The maximum atomic E-state index is 13.5. The Hall–Kier alpha value is -2.12. The minimum absolute atomic E-state index is 0.206. The molecule has 0 aromatic heterocycles. The molecule has 1 fully saturated rings. The molecule has 1 saturated heterocycles. The molecule has 0 radical (unpaired) electrons. The van der Waals surface area contributed by atoms with Crippen molar-refractivity contribution in [3.63, 3.8) is 0 Å². The van der Waals surface area contributed by atoms with Gasteiger partial charge in [-0.1, -0.05) is 24.6 Å². The zero-order valence-electron chi connectivity index (χ0n) is 15.4. The number of nitrogens with zero attached hydrogens (tertiary/aromatic N) is 1. The van der Waals surface area contributed by atoms with E-state index in [0.29, 0.717) is 24.5 Å². The van der Waals surface area contributed by atoms with E-state index in [-0.39, 0.29) is 12.4 Å². The Morgan fingerprint density at radius 2 is 1.85 bits per heavy atom. The highest BCUT2D eigenvalue weighted by molar-refractivity contribution is 7.89. The number of para-hydroxylation sites is 1. The van der Waals surface area contributed by atoms with Gasteiger partial charge in [-0.05, 0) is 49.6 Å². The summed E-state index contributed by atoms with van der Waals surface area (Å²) in [5.41, 5.74) is 1.68. The van der Waals surface area contributed by atoms with E-state index < -0.39 is 15.8 Å². The van der Waals surface area contributed by atoms with E-state index in [4.69, 9.17) is 4.74 Å². The first kappa shape index (κ1) is 19.6. The monoisotopic (exact) mass is 392 g/mol. The fourth-order valence-electron chi connectivity index (χ4n) is 3.11. The van der Waals surface area contributed by atoms with Crippen molar-refractivity contribution in [1.29, 1.82) is 0 Å². The number of anilines is 1. The second kappa shape index (κ2) is 8.71. The van der Waals surface area contributed by atoms with Crippen LogP contribution in [0.1, 0.15) is 24.8 Å². The van der Waals surface area contributed by atoms with Crippen LogP contribution in [0.25, 0.3) is 0 Å². The van der Waals surface area contributed by atoms with E-state index in [2.05, 4.69) is 5.32 Å². The number of halogens is 1. The number of rotatable bonds is 7. The molecule has 3 rings (SSSR count). The molecule has 0 unspecified atom stereocenters. The van der Waals surface area contributed by atoms with Crippen LogP contribution in [0, 0.1) is 12.7 Å². The van der Waals surface area contributed by atoms with E-state index in [1.54, 1.807) is 40.7 Å². The van der Waals surface area contributed by atoms with Crippen molar-refractivity contribution in [2.45, 2.75) is 31.1 Å². The Kier molecular flexibility index (Phi) is 6.34. The lowest BCUT2D eigenvalue weighted by Gasteiger charge is -2.26. The number of sulfonamides is 1. The smallest absolute Gasteiger partial charge is 0.243 e. The highest BCUT2D eigenvalue weighted by Gasteiger charge is 2.26. The number of piperidine rings is 1. The van der Waals surface area contributed by atoms with Crippen molar-refractivity contribution in [3.8, 4) is 5.75 Å². The third-order valence-electron chi connectivity index (χ3n) is 4.67. The fourth-order valence-corrected chi connectivity index (χ4v) is 4.66. The number of hydrogen-bond donors (Lipinski definition) is 1. The van der Waals surface area contributed by atoms with Gasteiger partial charge in [-0.25, -0.2) is 12.8 Å². The Labute approximate surface area is 160 Å². The summed E-state index contributed by atoms with van der Waals surface area (Å²) in [7, 11) is -3.47. The first-order valence-corrected chi connectivity index (χ1v) is 10.6. The van der Waals surface area contributed by atoms with Crippen LogP contribution in [-0.4, -0.2) is 39.0 Å². The number of benzene rings is 2. The molecule has 5 nitrogen and oxygen atoms in total. The molecule has 146 valence electrons. The van der Waals surface area contributed by atoms with Crippen molar-refractivity contribution in [2.75, 3.05) is 31.6 Å². The number of nitrogens with one attached hydrogen (secondary N) is 1. The van der Waals surface area contributed by atoms with E-state index >= 15 is 0 Å². The predicted molar refractivity (Wildman–Crippen MR) is 104 cm³/mol. The van der Waals surface area contributed by atoms with Gasteiger partial charge in [0.15, 0.2) is 11.6 Å². The molecule has 0 aliphatic carbocycles. The van der Waals surface area contributed by atoms with Gasteiger partial charge in [-0.2, -0.15) is 4.31 Å². The molecular weight excluding hydrogens is 367 g/mol. The molecule has 2 aromatic rings. The van der Waals surface area contributed by atoms with Crippen LogP contribution >= 0.6 is 0 Å². The second-order valence-corrected chi connectivity index (χ2v) is 8.59. The maximum absolute atomic E-state index is 13.5. The number of ether oxygens (including phenoxy) is 1.